The van der Waals surface area contributed by atoms with E-state index in [-0.39, 0.29) is 6.04 Å². The zero-order valence-electron chi connectivity index (χ0n) is 11.3. The highest BCUT2D eigenvalue weighted by atomic mass is 32.2. The van der Waals surface area contributed by atoms with Crippen LogP contribution in [0.2, 0.25) is 0 Å². The van der Waals surface area contributed by atoms with Crippen molar-refractivity contribution in [1.29, 1.82) is 0 Å². The summed E-state index contributed by atoms with van der Waals surface area (Å²) in [6.07, 6.45) is 5.36. The third-order valence-corrected chi connectivity index (χ3v) is 6.97. The summed E-state index contributed by atoms with van der Waals surface area (Å²) in [6, 6.07) is 3.52. The van der Waals surface area contributed by atoms with E-state index in [2.05, 4.69) is 11.6 Å². The molecule has 0 bridgehead atoms. The van der Waals surface area contributed by atoms with Gasteiger partial charge in [-0.25, -0.2) is 13.1 Å². The van der Waals surface area contributed by atoms with Crippen LogP contribution in [0.15, 0.2) is 16.3 Å². The molecule has 1 fully saturated rings. The number of sulfonamides is 1. The van der Waals surface area contributed by atoms with E-state index in [4.69, 9.17) is 5.73 Å². The zero-order chi connectivity index (χ0) is 13.9. The molecule has 6 heteroatoms. The van der Waals surface area contributed by atoms with Gasteiger partial charge in [-0.2, -0.15) is 0 Å². The Labute approximate surface area is 119 Å². The lowest BCUT2D eigenvalue weighted by Gasteiger charge is -2.27. The van der Waals surface area contributed by atoms with Crippen LogP contribution in [-0.4, -0.2) is 14.5 Å². The van der Waals surface area contributed by atoms with Crippen molar-refractivity contribution in [3.8, 4) is 0 Å². The average molecular weight is 302 g/mol. The van der Waals surface area contributed by atoms with Crippen LogP contribution in [0.5, 0.6) is 0 Å². The van der Waals surface area contributed by atoms with Crippen molar-refractivity contribution < 1.29 is 8.42 Å². The summed E-state index contributed by atoms with van der Waals surface area (Å²) in [7, 11) is -3.36. The standard InChI is InChI=1S/C13H22N2O2S2/c1-2-10-3-5-11(6-4-10)15-19(16,17)13-8-7-12(9-14)18-13/h7-8,10-11,15H,2-6,9,14H2,1H3. The number of thiophene rings is 1. The quantitative estimate of drug-likeness (QED) is 0.877. The number of nitrogens with one attached hydrogen (secondary N) is 1. The molecule has 1 aliphatic carbocycles. The van der Waals surface area contributed by atoms with Gasteiger partial charge in [-0.3, -0.25) is 0 Å². The minimum absolute atomic E-state index is 0.0937. The van der Waals surface area contributed by atoms with Crippen LogP contribution in [0, 0.1) is 5.92 Å². The Morgan fingerprint density at radius 3 is 2.53 bits per heavy atom. The minimum atomic E-state index is -3.36. The molecule has 0 aromatic carbocycles. The van der Waals surface area contributed by atoms with E-state index in [0.717, 1.165) is 36.5 Å². The third-order valence-electron chi connectivity index (χ3n) is 3.85. The van der Waals surface area contributed by atoms with Crippen LogP contribution in [0.25, 0.3) is 0 Å². The Bertz CT molecular complexity index is 502. The number of rotatable bonds is 5. The highest BCUT2D eigenvalue weighted by Crippen LogP contribution is 2.28. The van der Waals surface area contributed by atoms with Crippen molar-refractivity contribution in [1.82, 2.24) is 4.72 Å². The summed E-state index contributed by atoms with van der Waals surface area (Å²) in [5, 5.41) is 0. The molecule has 108 valence electrons. The monoisotopic (exact) mass is 302 g/mol. The molecule has 0 unspecified atom stereocenters. The van der Waals surface area contributed by atoms with Gasteiger partial charge in [0.2, 0.25) is 10.0 Å². The van der Waals surface area contributed by atoms with Gasteiger partial charge < -0.3 is 5.73 Å². The van der Waals surface area contributed by atoms with Gasteiger partial charge in [0.15, 0.2) is 0 Å². The lowest BCUT2D eigenvalue weighted by molar-refractivity contribution is 0.306. The maximum absolute atomic E-state index is 12.2. The highest BCUT2D eigenvalue weighted by Gasteiger charge is 2.25. The van der Waals surface area contributed by atoms with E-state index in [1.54, 1.807) is 12.1 Å². The third kappa shape index (κ3) is 3.78. The molecule has 3 N–H and O–H groups in total. The van der Waals surface area contributed by atoms with Crippen molar-refractivity contribution in [2.75, 3.05) is 0 Å². The summed E-state index contributed by atoms with van der Waals surface area (Å²) in [5.41, 5.74) is 5.52. The van der Waals surface area contributed by atoms with Gasteiger partial charge in [0.05, 0.1) is 0 Å². The van der Waals surface area contributed by atoms with Gasteiger partial charge in [0.25, 0.3) is 0 Å². The second-order valence-corrected chi connectivity index (χ2v) is 8.28. The largest absolute Gasteiger partial charge is 0.326 e. The van der Waals surface area contributed by atoms with E-state index in [1.165, 1.54) is 17.8 Å². The topological polar surface area (TPSA) is 72.2 Å². The molecule has 0 spiro atoms. The predicted molar refractivity (Wildman–Crippen MR) is 78.6 cm³/mol. The van der Waals surface area contributed by atoms with Gasteiger partial charge in [-0.1, -0.05) is 13.3 Å². The predicted octanol–water partition coefficient (Wildman–Crippen LogP) is 2.45. The van der Waals surface area contributed by atoms with E-state index >= 15 is 0 Å². The first-order chi connectivity index (χ1) is 9.05. The first-order valence-corrected chi connectivity index (χ1v) is 9.16. The highest BCUT2D eigenvalue weighted by molar-refractivity contribution is 7.91. The lowest BCUT2D eigenvalue weighted by atomic mass is 9.85. The van der Waals surface area contributed by atoms with Crippen molar-refractivity contribution in [2.45, 2.75) is 55.8 Å². The Balaban J connectivity index is 1.98. The minimum Gasteiger partial charge on any atom is -0.326 e. The van der Waals surface area contributed by atoms with Crippen molar-refractivity contribution in [3.05, 3.63) is 17.0 Å². The summed E-state index contributed by atoms with van der Waals surface area (Å²) in [6.45, 7) is 2.59. The van der Waals surface area contributed by atoms with Crippen LogP contribution in [0.4, 0.5) is 0 Å². The molecule has 0 radical (unpaired) electrons. The number of nitrogens with two attached hydrogens (primary N) is 1. The second-order valence-electron chi connectivity index (χ2n) is 5.17. The average Bonchev–Trinajstić information content (AvgIpc) is 2.89. The molecule has 0 atom stereocenters. The van der Waals surface area contributed by atoms with Crippen LogP contribution < -0.4 is 10.5 Å². The molecular weight excluding hydrogens is 280 g/mol. The van der Waals surface area contributed by atoms with Gasteiger partial charge in [0, 0.05) is 17.5 Å². The SMILES string of the molecule is CCC1CCC(NS(=O)(=O)c2ccc(CN)s2)CC1. The fraction of sp³-hybridized carbons (Fsp3) is 0.692. The summed E-state index contributed by atoms with van der Waals surface area (Å²) in [4.78, 5) is 0.898. The zero-order valence-corrected chi connectivity index (χ0v) is 12.9. The van der Waals surface area contributed by atoms with Crippen LogP contribution in [0.3, 0.4) is 0 Å². The summed E-state index contributed by atoms with van der Waals surface area (Å²) < 4.78 is 27.7. The van der Waals surface area contributed by atoms with E-state index in [0.29, 0.717) is 10.8 Å². The number of hydrogen-bond acceptors (Lipinski definition) is 4. The fourth-order valence-electron chi connectivity index (χ4n) is 2.58. The molecular formula is C13H22N2O2S2. The molecule has 1 aliphatic rings. The van der Waals surface area contributed by atoms with Gasteiger partial charge in [-0.05, 0) is 43.7 Å². The molecule has 0 saturated heterocycles. The first kappa shape index (κ1) is 15.0. The fourth-order valence-corrected chi connectivity index (χ4v) is 5.13. The normalized spacial score (nSPS) is 24.5. The molecule has 0 aliphatic heterocycles. The van der Waals surface area contributed by atoms with E-state index in [9.17, 15) is 8.42 Å². The second kappa shape index (κ2) is 6.35. The molecule has 0 amide bonds. The molecule has 19 heavy (non-hydrogen) atoms. The smallest absolute Gasteiger partial charge is 0.250 e. The number of hydrogen-bond donors (Lipinski definition) is 2. The Kier molecular flexibility index (Phi) is 5.00. The molecule has 1 heterocycles. The van der Waals surface area contributed by atoms with Crippen molar-refractivity contribution in [2.24, 2.45) is 11.7 Å². The Morgan fingerprint density at radius 2 is 2.00 bits per heavy atom. The van der Waals surface area contributed by atoms with Crippen LogP contribution >= 0.6 is 11.3 Å². The maximum atomic E-state index is 12.2. The van der Waals surface area contributed by atoms with Gasteiger partial charge >= 0.3 is 0 Å². The Morgan fingerprint density at radius 1 is 1.32 bits per heavy atom. The van der Waals surface area contributed by atoms with Crippen LogP contribution in [0.1, 0.15) is 43.9 Å². The van der Waals surface area contributed by atoms with E-state index < -0.39 is 10.0 Å². The Hall–Kier alpha value is -0.430. The summed E-state index contributed by atoms with van der Waals surface area (Å²) >= 11 is 1.26. The van der Waals surface area contributed by atoms with Gasteiger partial charge in [-0.15, -0.1) is 11.3 Å². The van der Waals surface area contributed by atoms with E-state index in [1.807, 2.05) is 0 Å². The van der Waals surface area contributed by atoms with Crippen molar-refractivity contribution >= 4 is 21.4 Å². The lowest BCUT2D eigenvalue weighted by Crippen LogP contribution is -2.37. The van der Waals surface area contributed by atoms with Gasteiger partial charge in [0.1, 0.15) is 4.21 Å². The first-order valence-electron chi connectivity index (χ1n) is 6.86. The molecule has 4 nitrogen and oxygen atoms in total. The molecule has 1 aromatic rings. The molecule has 2 rings (SSSR count). The molecule has 1 saturated carbocycles. The molecule has 1 aromatic heterocycles. The maximum Gasteiger partial charge on any atom is 0.250 e. The van der Waals surface area contributed by atoms with Crippen molar-refractivity contribution in [3.63, 3.8) is 0 Å². The summed E-state index contributed by atoms with van der Waals surface area (Å²) in [5.74, 6) is 0.770. The van der Waals surface area contributed by atoms with Crippen LogP contribution in [-0.2, 0) is 16.6 Å².